The second-order valence-corrected chi connectivity index (χ2v) is 8.49. The summed E-state index contributed by atoms with van der Waals surface area (Å²) in [5.41, 5.74) is 1.74. The number of hydrogen-bond donors (Lipinski definition) is 0. The van der Waals surface area contributed by atoms with Gasteiger partial charge >= 0.3 is 0 Å². The van der Waals surface area contributed by atoms with Crippen LogP contribution in [0.25, 0.3) is 5.65 Å². The van der Waals surface area contributed by atoms with E-state index in [1.165, 1.54) is 32.1 Å². The SMILES string of the molecule is CCc1nc2c(OCCC3CCCCC3)cccn2c1N(C)C(=O)CC(C)C. The lowest BCUT2D eigenvalue weighted by Crippen LogP contribution is -2.29. The maximum Gasteiger partial charge on any atom is 0.228 e. The molecule has 1 aliphatic rings. The molecule has 0 saturated heterocycles. The van der Waals surface area contributed by atoms with Gasteiger partial charge in [-0.25, -0.2) is 4.98 Å². The molecule has 1 saturated carbocycles. The Morgan fingerprint density at radius 1 is 1.32 bits per heavy atom. The Balaban J connectivity index is 1.80. The standard InChI is InChI=1S/C23H35N3O2/c1-5-19-23(25(4)21(27)16-17(2)3)26-14-9-12-20(22(26)24-19)28-15-13-18-10-7-6-8-11-18/h9,12,14,17-18H,5-8,10-11,13,15-16H2,1-4H3. The van der Waals surface area contributed by atoms with E-state index < -0.39 is 0 Å². The van der Waals surface area contributed by atoms with Crippen molar-refractivity contribution in [2.75, 3.05) is 18.6 Å². The fourth-order valence-corrected chi connectivity index (χ4v) is 4.20. The van der Waals surface area contributed by atoms with Gasteiger partial charge < -0.3 is 4.74 Å². The molecule has 0 bridgehead atoms. The molecule has 0 aliphatic heterocycles. The van der Waals surface area contributed by atoms with E-state index >= 15 is 0 Å². The van der Waals surface area contributed by atoms with Crippen LogP contribution in [0.1, 0.15) is 71.4 Å². The number of fused-ring (bicyclic) bond motifs is 1. The summed E-state index contributed by atoms with van der Waals surface area (Å²) < 4.78 is 8.16. The molecule has 5 heteroatoms. The van der Waals surface area contributed by atoms with Gasteiger partial charge in [-0.2, -0.15) is 0 Å². The number of amides is 1. The summed E-state index contributed by atoms with van der Waals surface area (Å²) in [6.45, 7) is 6.95. The Morgan fingerprint density at radius 3 is 2.75 bits per heavy atom. The maximum absolute atomic E-state index is 12.6. The number of rotatable bonds is 8. The number of nitrogens with zero attached hydrogens (tertiary/aromatic N) is 3. The van der Waals surface area contributed by atoms with Crippen LogP contribution in [0.15, 0.2) is 18.3 Å². The van der Waals surface area contributed by atoms with E-state index in [4.69, 9.17) is 9.72 Å². The van der Waals surface area contributed by atoms with Crippen molar-refractivity contribution in [2.24, 2.45) is 11.8 Å². The van der Waals surface area contributed by atoms with Crippen LogP contribution in [0.2, 0.25) is 0 Å². The van der Waals surface area contributed by atoms with Crippen LogP contribution in [0.4, 0.5) is 5.82 Å². The molecule has 28 heavy (non-hydrogen) atoms. The molecule has 3 rings (SSSR count). The van der Waals surface area contributed by atoms with Crippen LogP contribution in [0.5, 0.6) is 5.75 Å². The fourth-order valence-electron chi connectivity index (χ4n) is 4.20. The number of aromatic nitrogens is 2. The van der Waals surface area contributed by atoms with Gasteiger partial charge in [0.1, 0.15) is 5.82 Å². The third kappa shape index (κ3) is 4.68. The Morgan fingerprint density at radius 2 is 2.07 bits per heavy atom. The highest BCUT2D eigenvalue weighted by Gasteiger charge is 2.22. The Kier molecular flexibility index (Phi) is 6.97. The number of imidazole rings is 1. The molecule has 0 spiro atoms. The molecule has 1 fully saturated rings. The molecule has 5 nitrogen and oxygen atoms in total. The zero-order valence-corrected chi connectivity index (χ0v) is 17.9. The summed E-state index contributed by atoms with van der Waals surface area (Å²) in [5.74, 6) is 2.92. The first kappa shape index (κ1) is 20.7. The van der Waals surface area contributed by atoms with E-state index in [-0.39, 0.29) is 5.91 Å². The second-order valence-electron chi connectivity index (χ2n) is 8.49. The molecule has 154 valence electrons. The van der Waals surface area contributed by atoms with Crippen LogP contribution in [-0.2, 0) is 11.2 Å². The van der Waals surface area contributed by atoms with Crippen LogP contribution >= 0.6 is 0 Å². The zero-order chi connectivity index (χ0) is 20.1. The fraction of sp³-hybridized carbons (Fsp3) is 0.652. The van der Waals surface area contributed by atoms with Crippen molar-refractivity contribution < 1.29 is 9.53 Å². The largest absolute Gasteiger partial charge is 0.490 e. The predicted molar refractivity (Wildman–Crippen MR) is 114 cm³/mol. The first-order chi connectivity index (χ1) is 13.5. The van der Waals surface area contributed by atoms with E-state index in [0.29, 0.717) is 12.3 Å². The minimum absolute atomic E-state index is 0.120. The van der Waals surface area contributed by atoms with Gasteiger partial charge in [-0.05, 0) is 36.8 Å². The topological polar surface area (TPSA) is 46.8 Å². The van der Waals surface area contributed by atoms with Gasteiger partial charge in [0.05, 0.1) is 12.3 Å². The molecule has 0 radical (unpaired) electrons. The lowest BCUT2D eigenvalue weighted by molar-refractivity contribution is -0.119. The summed E-state index contributed by atoms with van der Waals surface area (Å²) in [4.78, 5) is 19.2. The quantitative estimate of drug-likeness (QED) is 0.623. The summed E-state index contributed by atoms with van der Waals surface area (Å²) in [6, 6.07) is 3.97. The molecule has 1 amide bonds. The van der Waals surface area contributed by atoms with E-state index in [0.717, 1.165) is 48.3 Å². The van der Waals surface area contributed by atoms with Crippen molar-refractivity contribution in [3.63, 3.8) is 0 Å². The molecule has 0 atom stereocenters. The van der Waals surface area contributed by atoms with Crippen molar-refractivity contribution in [3.05, 3.63) is 24.0 Å². The summed E-state index contributed by atoms with van der Waals surface area (Å²) in [5, 5.41) is 0. The lowest BCUT2D eigenvalue weighted by Gasteiger charge is -2.21. The van der Waals surface area contributed by atoms with E-state index in [2.05, 4.69) is 20.8 Å². The van der Waals surface area contributed by atoms with Crippen LogP contribution < -0.4 is 9.64 Å². The Bertz CT molecular complexity index is 790. The molecule has 1 aliphatic carbocycles. The minimum atomic E-state index is 0.120. The summed E-state index contributed by atoms with van der Waals surface area (Å²) in [7, 11) is 1.85. The molecule has 2 aromatic rings. The minimum Gasteiger partial charge on any atom is -0.490 e. The number of hydrogen-bond acceptors (Lipinski definition) is 3. The number of carbonyl (C=O) groups is 1. The van der Waals surface area contributed by atoms with Crippen LogP contribution in [0.3, 0.4) is 0 Å². The highest BCUT2D eigenvalue weighted by molar-refractivity contribution is 5.93. The number of aryl methyl sites for hydroxylation is 1. The van der Waals surface area contributed by atoms with Crippen molar-refractivity contribution >= 4 is 17.4 Å². The van der Waals surface area contributed by atoms with Crippen molar-refractivity contribution in [3.8, 4) is 5.75 Å². The average molecular weight is 386 g/mol. The van der Waals surface area contributed by atoms with Crippen LogP contribution in [0, 0.1) is 11.8 Å². The molecule has 0 unspecified atom stereocenters. The predicted octanol–water partition coefficient (Wildman–Crippen LogP) is 5.25. The van der Waals surface area contributed by atoms with Gasteiger partial charge in [0.2, 0.25) is 5.91 Å². The van der Waals surface area contributed by atoms with Crippen molar-refractivity contribution in [1.82, 2.24) is 9.38 Å². The van der Waals surface area contributed by atoms with Gasteiger partial charge in [-0.3, -0.25) is 14.1 Å². The van der Waals surface area contributed by atoms with Gasteiger partial charge in [-0.1, -0.05) is 52.9 Å². The second kappa shape index (κ2) is 9.44. The van der Waals surface area contributed by atoms with E-state index in [9.17, 15) is 4.79 Å². The molecular weight excluding hydrogens is 350 g/mol. The zero-order valence-electron chi connectivity index (χ0n) is 17.9. The van der Waals surface area contributed by atoms with Crippen LogP contribution in [-0.4, -0.2) is 28.9 Å². The summed E-state index contributed by atoms with van der Waals surface area (Å²) >= 11 is 0. The van der Waals surface area contributed by atoms with Gasteiger partial charge in [0, 0.05) is 19.7 Å². The number of ether oxygens (including phenoxy) is 1. The summed E-state index contributed by atoms with van der Waals surface area (Å²) in [6.07, 6.45) is 11.2. The van der Waals surface area contributed by atoms with E-state index in [1.807, 2.05) is 29.8 Å². The maximum atomic E-state index is 12.6. The Hall–Kier alpha value is -2.04. The first-order valence-corrected chi connectivity index (χ1v) is 10.9. The normalized spacial score (nSPS) is 15.3. The molecule has 0 aromatic carbocycles. The first-order valence-electron chi connectivity index (χ1n) is 10.9. The molecular formula is C23H35N3O2. The third-order valence-corrected chi connectivity index (χ3v) is 5.78. The van der Waals surface area contributed by atoms with E-state index in [1.54, 1.807) is 4.90 Å². The van der Waals surface area contributed by atoms with Gasteiger partial charge in [0.15, 0.2) is 11.4 Å². The number of pyridine rings is 1. The van der Waals surface area contributed by atoms with Gasteiger partial charge in [0.25, 0.3) is 0 Å². The monoisotopic (exact) mass is 385 g/mol. The van der Waals surface area contributed by atoms with Crippen molar-refractivity contribution in [1.29, 1.82) is 0 Å². The smallest absolute Gasteiger partial charge is 0.228 e. The van der Waals surface area contributed by atoms with Gasteiger partial charge in [-0.15, -0.1) is 0 Å². The molecule has 0 N–H and O–H groups in total. The third-order valence-electron chi connectivity index (χ3n) is 5.78. The molecule has 2 aromatic heterocycles. The highest BCUT2D eigenvalue weighted by Crippen LogP contribution is 2.30. The average Bonchev–Trinajstić information content (AvgIpc) is 3.07. The molecule has 2 heterocycles. The number of carbonyl (C=O) groups excluding carboxylic acids is 1. The highest BCUT2D eigenvalue weighted by atomic mass is 16.5. The Labute approximate surface area is 169 Å². The van der Waals surface area contributed by atoms with Crippen molar-refractivity contribution in [2.45, 2.75) is 72.1 Å². The number of anilines is 1. The lowest BCUT2D eigenvalue weighted by atomic mass is 9.87.